The zero-order chi connectivity index (χ0) is 14.0. The predicted molar refractivity (Wildman–Crippen MR) is 74.4 cm³/mol. The highest BCUT2D eigenvalue weighted by Gasteiger charge is 2.31. The highest BCUT2D eigenvalue weighted by molar-refractivity contribution is 7.92. The van der Waals surface area contributed by atoms with Crippen molar-refractivity contribution in [2.24, 2.45) is 5.92 Å². The molecule has 2 unspecified atom stereocenters. The van der Waals surface area contributed by atoms with Gasteiger partial charge in [-0.1, -0.05) is 6.92 Å². The van der Waals surface area contributed by atoms with Gasteiger partial charge < -0.3 is 10.0 Å². The summed E-state index contributed by atoms with van der Waals surface area (Å²) < 4.78 is 23.4. The quantitative estimate of drug-likeness (QED) is 0.841. The fraction of sp³-hybridized carbons (Fsp3) is 1.00. The summed E-state index contributed by atoms with van der Waals surface area (Å²) in [4.78, 5) is 2.17. The minimum Gasteiger partial charge on any atom is -0.393 e. The number of aliphatic hydroxyl groups excluding tert-OH is 1. The summed E-state index contributed by atoms with van der Waals surface area (Å²) in [5, 5.41) is 9.80. The first-order valence-corrected chi connectivity index (χ1v) is 8.45. The number of hydrogen-bond acceptors (Lipinski definition) is 4. The summed E-state index contributed by atoms with van der Waals surface area (Å²) in [6.07, 6.45) is 1.49. The van der Waals surface area contributed by atoms with Crippen LogP contribution >= 0.6 is 0 Å². The van der Waals surface area contributed by atoms with Crippen LogP contribution in [0.25, 0.3) is 0 Å². The standard InChI is InChI=1S/C13H27NO3S/c1-5-11-10-14(7-6-12(11)15)8-9-18(16,17)13(2,3)4/h11-12,15H,5-10H2,1-4H3. The Morgan fingerprint density at radius 1 is 1.33 bits per heavy atom. The van der Waals surface area contributed by atoms with Crippen LogP contribution in [0.15, 0.2) is 0 Å². The minimum absolute atomic E-state index is 0.211. The Bertz CT molecular complexity index is 359. The summed E-state index contributed by atoms with van der Waals surface area (Å²) in [5.41, 5.74) is 0. The Hall–Kier alpha value is -0.130. The van der Waals surface area contributed by atoms with E-state index in [0.29, 0.717) is 6.54 Å². The lowest BCUT2D eigenvalue weighted by Crippen LogP contribution is -2.45. The summed E-state index contributed by atoms with van der Waals surface area (Å²) in [5.74, 6) is 0.499. The molecule has 4 nitrogen and oxygen atoms in total. The average Bonchev–Trinajstić information content (AvgIpc) is 2.26. The van der Waals surface area contributed by atoms with Crippen molar-refractivity contribution in [2.45, 2.75) is 51.4 Å². The van der Waals surface area contributed by atoms with Gasteiger partial charge in [0, 0.05) is 19.6 Å². The van der Waals surface area contributed by atoms with Crippen LogP contribution in [0.4, 0.5) is 0 Å². The van der Waals surface area contributed by atoms with Crippen molar-refractivity contribution in [1.29, 1.82) is 0 Å². The number of nitrogens with zero attached hydrogens (tertiary/aromatic N) is 1. The molecule has 1 fully saturated rings. The van der Waals surface area contributed by atoms with Gasteiger partial charge in [0.2, 0.25) is 0 Å². The lowest BCUT2D eigenvalue weighted by atomic mass is 9.92. The van der Waals surface area contributed by atoms with Gasteiger partial charge in [0.1, 0.15) is 0 Å². The molecule has 5 heteroatoms. The number of hydrogen-bond donors (Lipinski definition) is 1. The van der Waals surface area contributed by atoms with Gasteiger partial charge >= 0.3 is 0 Å². The number of rotatable bonds is 4. The van der Waals surface area contributed by atoms with Gasteiger partial charge in [-0.3, -0.25) is 0 Å². The normalized spacial score (nSPS) is 27.4. The summed E-state index contributed by atoms with van der Waals surface area (Å²) in [6.45, 7) is 9.52. The molecule has 1 saturated heterocycles. The van der Waals surface area contributed by atoms with Crippen molar-refractivity contribution >= 4 is 9.84 Å². The van der Waals surface area contributed by atoms with Crippen LogP contribution < -0.4 is 0 Å². The zero-order valence-electron chi connectivity index (χ0n) is 12.0. The molecular formula is C13H27NO3S. The predicted octanol–water partition coefficient (Wildman–Crippen LogP) is 1.29. The van der Waals surface area contributed by atoms with Crippen molar-refractivity contribution < 1.29 is 13.5 Å². The van der Waals surface area contributed by atoms with Gasteiger partial charge in [-0.2, -0.15) is 0 Å². The largest absolute Gasteiger partial charge is 0.393 e. The van der Waals surface area contributed by atoms with Crippen LogP contribution in [0.2, 0.25) is 0 Å². The molecule has 0 aromatic rings. The fourth-order valence-corrected chi connectivity index (χ4v) is 3.37. The molecule has 108 valence electrons. The second-order valence-electron chi connectivity index (χ2n) is 6.26. The Morgan fingerprint density at radius 3 is 2.44 bits per heavy atom. The van der Waals surface area contributed by atoms with E-state index in [1.165, 1.54) is 0 Å². The molecule has 0 bridgehead atoms. The van der Waals surface area contributed by atoms with E-state index >= 15 is 0 Å². The summed E-state index contributed by atoms with van der Waals surface area (Å²) >= 11 is 0. The third-order valence-electron chi connectivity index (χ3n) is 3.91. The van der Waals surface area contributed by atoms with Crippen molar-refractivity contribution in [2.75, 3.05) is 25.4 Å². The van der Waals surface area contributed by atoms with Crippen LogP contribution in [0.1, 0.15) is 40.5 Å². The third-order valence-corrected chi connectivity index (χ3v) is 6.50. The van der Waals surface area contributed by atoms with Crippen molar-refractivity contribution in [1.82, 2.24) is 4.90 Å². The topological polar surface area (TPSA) is 57.6 Å². The Morgan fingerprint density at radius 2 is 1.94 bits per heavy atom. The smallest absolute Gasteiger partial charge is 0.156 e. The van der Waals surface area contributed by atoms with E-state index < -0.39 is 14.6 Å². The first-order valence-electron chi connectivity index (χ1n) is 6.80. The van der Waals surface area contributed by atoms with Gasteiger partial charge in [0.25, 0.3) is 0 Å². The molecule has 0 aliphatic carbocycles. The molecule has 1 rings (SSSR count). The van der Waals surface area contributed by atoms with E-state index in [-0.39, 0.29) is 17.8 Å². The third kappa shape index (κ3) is 3.93. The maximum absolute atomic E-state index is 12.0. The summed E-state index contributed by atoms with van der Waals surface area (Å²) in [6, 6.07) is 0. The van der Waals surface area contributed by atoms with Crippen molar-refractivity contribution in [3.05, 3.63) is 0 Å². The molecule has 0 radical (unpaired) electrons. The fourth-order valence-electron chi connectivity index (χ4n) is 2.25. The van der Waals surface area contributed by atoms with Crippen LogP contribution in [-0.4, -0.2) is 54.7 Å². The van der Waals surface area contributed by atoms with Gasteiger partial charge in [-0.25, -0.2) is 8.42 Å². The molecule has 0 spiro atoms. The number of piperidine rings is 1. The highest BCUT2D eigenvalue weighted by atomic mass is 32.2. The monoisotopic (exact) mass is 277 g/mol. The Balaban J connectivity index is 2.50. The number of sulfone groups is 1. The molecule has 1 aliphatic heterocycles. The van der Waals surface area contributed by atoms with Crippen molar-refractivity contribution in [3.8, 4) is 0 Å². The van der Waals surface area contributed by atoms with E-state index in [2.05, 4.69) is 11.8 Å². The lowest BCUT2D eigenvalue weighted by molar-refractivity contribution is 0.0275. The Kier molecular flexibility index (Phi) is 5.21. The SMILES string of the molecule is CCC1CN(CCS(=O)(=O)C(C)(C)C)CCC1O. The van der Waals surface area contributed by atoms with Crippen LogP contribution in [0.3, 0.4) is 0 Å². The Labute approximate surface area is 111 Å². The molecule has 0 saturated carbocycles. The van der Waals surface area contributed by atoms with Gasteiger partial charge in [-0.05, 0) is 39.5 Å². The lowest BCUT2D eigenvalue weighted by Gasteiger charge is -2.36. The molecule has 18 heavy (non-hydrogen) atoms. The molecule has 1 aliphatic rings. The highest BCUT2D eigenvalue weighted by Crippen LogP contribution is 2.21. The maximum atomic E-state index is 12.0. The molecule has 0 aromatic heterocycles. The van der Waals surface area contributed by atoms with Crippen LogP contribution in [0, 0.1) is 5.92 Å². The van der Waals surface area contributed by atoms with E-state index in [0.717, 1.165) is 25.9 Å². The molecule has 2 atom stereocenters. The summed E-state index contributed by atoms with van der Waals surface area (Å²) in [7, 11) is -3.04. The molecule has 0 aromatic carbocycles. The second kappa shape index (κ2) is 5.88. The average molecular weight is 277 g/mol. The first-order chi connectivity index (χ1) is 8.17. The number of aliphatic hydroxyl groups is 1. The maximum Gasteiger partial charge on any atom is 0.156 e. The van der Waals surface area contributed by atoms with Gasteiger partial charge in [-0.15, -0.1) is 0 Å². The van der Waals surface area contributed by atoms with Gasteiger partial charge in [0.15, 0.2) is 9.84 Å². The zero-order valence-corrected chi connectivity index (χ0v) is 12.8. The van der Waals surface area contributed by atoms with Gasteiger partial charge in [0.05, 0.1) is 16.6 Å². The second-order valence-corrected chi connectivity index (χ2v) is 9.12. The first kappa shape index (κ1) is 15.9. The molecular weight excluding hydrogens is 250 g/mol. The van der Waals surface area contributed by atoms with E-state index in [1.807, 2.05) is 0 Å². The van der Waals surface area contributed by atoms with Crippen LogP contribution in [0.5, 0.6) is 0 Å². The van der Waals surface area contributed by atoms with E-state index in [9.17, 15) is 13.5 Å². The van der Waals surface area contributed by atoms with Crippen molar-refractivity contribution in [3.63, 3.8) is 0 Å². The molecule has 0 amide bonds. The molecule has 1 heterocycles. The number of likely N-dealkylation sites (tertiary alicyclic amines) is 1. The van der Waals surface area contributed by atoms with E-state index in [1.54, 1.807) is 20.8 Å². The van der Waals surface area contributed by atoms with Crippen LogP contribution in [-0.2, 0) is 9.84 Å². The molecule has 1 N–H and O–H groups in total. The minimum atomic E-state index is -3.04. The van der Waals surface area contributed by atoms with E-state index in [4.69, 9.17) is 0 Å².